The van der Waals surface area contributed by atoms with Gasteiger partial charge in [0.1, 0.15) is 0 Å². The monoisotopic (exact) mass is 422 g/mol. The fourth-order valence-electron chi connectivity index (χ4n) is 7.02. The van der Waals surface area contributed by atoms with Crippen LogP contribution in [0.15, 0.2) is 10.6 Å². The first kappa shape index (κ1) is 25.1. The fourth-order valence-corrected chi connectivity index (χ4v) is 7.02. The maximum atomic E-state index is 11.3. The van der Waals surface area contributed by atoms with Gasteiger partial charge in [0, 0.05) is 0 Å². The van der Waals surface area contributed by atoms with Gasteiger partial charge in [-0.1, -0.05) is 38.5 Å². The normalized spacial score (nSPS) is 25.9. The van der Waals surface area contributed by atoms with Gasteiger partial charge in [-0.15, -0.1) is 9.81 Å². The molecule has 2 rings (SSSR count). The molecule has 0 spiro atoms. The lowest BCUT2D eigenvalue weighted by Crippen LogP contribution is -2.57. The summed E-state index contributed by atoms with van der Waals surface area (Å²) in [4.78, 5) is 22.7. The summed E-state index contributed by atoms with van der Waals surface area (Å²) in [5.41, 5.74) is -0.615. The molecule has 0 amide bonds. The van der Waals surface area contributed by atoms with Crippen molar-refractivity contribution in [2.75, 3.05) is 0 Å². The molecule has 30 heavy (non-hydrogen) atoms. The van der Waals surface area contributed by atoms with Crippen molar-refractivity contribution < 1.29 is 0 Å². The maximum Gasteiger partial charge on any atom is 0.0564 e. The average Bonchev–Trinajstić information content (AvgIpc) is 2.54. The summed E-state index contributed by atoms with van der Waals surface area (Å²) >= 11 is 0. The second kappa shape index (κ2) is 9.12. The standard InChI is InChI=1S/C24H46N4O2/c1-21(2)15-19(16-22(3,4)27(21)25-29)13-11-9-10-12-14-20-17-23(5,6)28(26-30)24(7,8)18-20/h19-20H,9-18H2,1-8H3. The zero-order valence-corrected chi connectivity index (χ0v) is 20.8. The number of unbranched alkanes of at least 4 members (excludes halogenated alkanes) is 3. The highest BCUT2D eigenvalue weighted by molar-refractivity contribution is 4.99. The van der Waals surface area contributed by atoms with Crippen molar-refractivity contribution in [3.63, 3.8) is 0 Å². The predicted molar refractivity (Wildman–Crippen MR) is 125 cm³/mol. The van der Waals surface area contributed by atoms with E-state index < -0.39 is 0 Å². The number of hydrogen-bond donors (Lipinski definition) is 0. The Morgan fingerprint density at radius 1 is 0.567 bits per heavy atom. The third-order valence-corrected chi connectivity index (χ3v) is 7.58. The van der Waals surface area contributed by atoms with Gasteiger partial charge in [-0.25, -0.2) is 10.0 Å². The summed E-state index contributed by atoms with van der Waals surface area (Å²) in [7, 11) is 0. The van der Waals surface area contributed by atoms with Crippen LogP contribution in [0.5, 0.6) is 0 Å². The molecule has 0 N–H and O–H groups in total. The second-order valence-corrected chi connectivity index (χ2v) is 12.6. The summed E-state index contributed by atoms with van der Waals surface area (Å²) in [6.07, 6.45) is 11.8. The van der Waals surface area contributed by atoms with Gasteiger partial charge < -0.3 is 0 Å². The van der Waals surface area contributed by atoms with Crippen LogP contribution in [-0.4, -0.2) is 32.2 Å². The van der Waals surface area contributed by atoms with Gasteiger partial charge in [0.2, 0.25) is 0 Å². The lowest BCUT2D eigenvalue weighted by Gasteiger charge is -2.52. The Hall–Kier alpha value is -1.20. The van der Waals surface area contributed by atoms with E-state index in [4.69, 9.17) is 0 Å². The molecule has 0 aromatic heterocycles. The van der Waals surface area contributed by atoms with Crippen molar-refractivity contribution in [1.29, 1.82) is 0 Å². The van der Waals surface area contributed by atoms with Gasteiger partial charge in [0.15, 0.2) is 0 Å². The van der Waals surface area contributed by atoms with Crippen LogP contribution in [0.1, 0.15) is 120 Å². The van der Waals surface area contributed by atoms with Crippen LogP contribution in [0, 0.1) is 21.6 Å². The van der Waals surface area contributed by atoms with Gasteiger partial charge in [-0.2, -0.15) is 0 Å². The summed E-state index contributed by atoms with van der Waals surface area (Å²) in [6.45, 7) is 17.2. The van der Waals surface area contributed by atoms with Gasteiger partial charge in [0.25, 0.3) is 0 Å². The SMILES string of the molecule is CC1(C)CC(CCCCCCC2CC(C)(C)N(N=O)C(C)(C)C2)CC(C)(C)N1N=O. The first-order valence-electron chi connectivity index (χ1n) is 12.0. The van der Waals surface area contributed by atoms with Crippen molar-refractivity contribution in [3.8, 4) is 0 Å². The molecule has 2 saturated heterocycles. The molecule has 2 aliphatic rings. The number of piperidine rings is 2. The van der Waals surface area contributed by atoms with Crippen molar-refractivity contribution >= 4 is 0 Å². The molecular formula is C24H46N4O2. The van der Waals surface area contributed by atoms with Gasteiger partial charge >= 0.3 is 0 Å². The van der Waals surface area contributed by atoms with Crippen LogP contribution >= 0.6 is 0 Å². The van der Waals surface area contributed by atoms with E-state index in [9.17, 15) is 9.81 Å². The van der Waals surface area contributed by atoms with E-state index >= 15 is 0 Å². The van der Waals surface area contributed by atoms with Crippen molar-refractivity contribution in [2.24, 2.45) is 22.4 Å². The van der Waals surface area contributed by atoms with Crippen LogP contribution in [0.4, 0.5) is 0 Å². The fraction of sp³-hybridized carbons (Fsp3) is 1.00. The highest BCUT2D eigenvalue weighted by atomic mass is 16.3. The van der Waals surface area contributed by atoms with E-state index in [-0.39, 0.29) is 22.2 Å². The molecule has 2 heterocycles. The minimum atomic E-state index is -0.154. The number of rotatable bonds is 9. The topological polar surface area (TPSA) is 65.3 Å². The minimum absolute atomic E-state index is 0.154. The molecule has 0 atom stereocenters. The van der Waals surface area contributed by atoms with E-state index in [1.807, 2.05) is 0 Å². The quantitative estimate of drug-likeness (QED) is 0.290. The molecule has 0 aromatic rings. The second-order valence-electron chi connectivity index (χ2n) is 12.6. The Morgan fingerprint density at radius 2 is 0.833 bits per heavy atom. The van der Waals surface area contributed by atoms with E-state index in [1.54, 1.807) is 10.0 Å². The van der Waals surface area contributed by atoms with Crippen molar-refractivity contribution in [1.82, 2.24) is 10.0 Å². The first-order chi connectivity index (χ1) is 13.7. The highest BCUT2D eigenvalue weighted by Gasteiger charge is 2.46. The molecule has 0 saturated carbocycles. The third-order valence-electron chi connectivity index (χ3n) is 7.58. The Morgan fingerprint density at radius 3 is 1.07 bits per heavy atom. The van der Waals surface area contributed by atoms with Crippen LogP contribution < -0.4 is 0 Å². The third kappa shape index (κ3) is 5.73. The molecule has 6 heteroatoms. The minimum Gasteiger partial charge on any atom is -0.250 e. The molecule has 0 radical (unpaired) electrons. The molecule has 0 aliphatic carbocycles. The molecule has 6 nitrogen and oxygen atoms in total. The molecule has 174 valence electrons. The zero-order valence-electron chi connectivity index (χ0n) is 20.8. The summed E-state index contributed by atoms with van der Waals surface area (Å²) in [5, 5.41) is 10.2. The Bertz CT molecular complexity index is 512. The van der Waals surface area contributed by atoms with E-state index in [1.165, 1.54) is 38.5 Å². The lowest BCUT2D eigenvalue weighted by atomic mass is 9.73. The molecule has 2 aliphatic heterocycles. The Kier molecular flexibility index (Phi) is 7.62. The summed E-state index contributed by atoms with van der Waals surface area (Å²) in [6, 6.07) is 0. The molecule has 0 unspecified atom stereocenters. The zero-order chi connectivity index (χ0) is 22.8. The largest absolute Gasteiger partial charge is 0.250 e. The molecule has 0 aromatic carbocycles. The average molecular weight is 423 g/mol. The van der Waals surface area contributed by atoms with Crippen LogP contribution in [0.25, 0.3) is 0 Å². The number of nitrogens with zero attached hydrogens (tertiary/aromatic N) is 4. The summed E-state index contributed by atoms with van der Waals surface area (Å²) in [5.74, 6) is 1.35. The van der Waals surface area contributed by atoms with Gasteiger partial charge in [-0.3, -0.25) is 0 Å². The smallest absolute Gasteiger partial charge is 0.0564 e. The van der Waals surface area contributed by atoms with Gasteiger partial charge in [-0.05, 0) is 92.9 Å². The molecular weight excluding hydrogens is 376 g/mol. The molecule has 2 fully saturated rings. The first-order valence-corrected chi connectivity index (χ1v) is 12.0. The van der Waals surface area contributed by atoms with Crippen LogP contribution in [0.3, 0.4) is 0 Å². The number of hydrogen-bond acceptors (Lipinski definition) is 4. The molecule has 0 bridgehead atoms. The number of nitroso groups, excluding NO2 is 2. The van der Waals surface area contributed by atoms with E-state index in [2.05, 4.69) is 66.0 Å². The van der Waals surface area contributed by atoms with Crippen LogP contribution in [0.2, 0.25) is 0 Å². The van der Waals surface area contributed by atoms with E-state index in [0.717, 1.165) is 25.7 Å². The Balaban J connectivity index is 1.72. The van der Waals surface area contributed by atoms with Crippen molar-refractivity contribution in [2.45, 2.75) is 142 Å². The lowest BCUT2D eigenvalue weighted by molar-refractivity contribution is -0.0544. The van der Waals surface area contributed by atoms with Crippen LogP contribution in [-0.2, 0) is 0 Å². The predicted octanol–water partition coefficient (Wildman–Crippen LogP) is 7.23. The van der Waals surface area contributed by atoms with Gasteiger partial charge in [0.05, 0.1) is 32.7 Å². The Labute approximate surface area is 184 Å². The van der Waals surface area contributed by atoms with Crippen molar-refractivity contribution in [3.05, 3.63) is 9.81 Å². The van der Waals surface area contributed by atoms with E-state index in [0.29, 0.717) is 11.8 Å². The highest BCUT2D eigenvalue weighted by Crippen LogP contribution is 2.44. The summed E-state index contributed by atoms with van der Waals surface area (Å²) < 4.78 is 0. The maximum absolute atomic E-state index is 11.3.